The van der Waals surface area contributed by atoms with Crippen LogP contribution in [0.2, 0.25) is 10.0 Å². The third-order valence-corrected chi connectivity index (χ3v) is 5.32. The summed E-state index contributed by atoms with van der Waals surface area (Å²) in [5, 5.41) is 9.86. The number of carbonyl (C=O) groups excluding carboxylic acids is 1. The highest BCUT2D eigenvalue weighted by molar-refractivity contribution is 6.38. The Balaban J connectivity index is 2.40. The van der Waals surface area contributed by atoms with Crippen LogP contribution in [0.15, 0.2) is 76.7 Å². The van der Waals surface area contributed by atoms with Crippen LogP contribution in [0, 0.1) is 0 Å². The molecule has 190 valence electrons. The van der Waals surface area contributed by atoms with Crippen LogP contribution in [0.3, 0.4) is 0 Å². The Bertz CT molecular complexity index is 1220. The molecule has 0 aliphatic rings. The highest BCUT2D eigenvalue weighted by atomic mass is 35.5. The van der Waals surface area contributed by atoms with Crippen LogP contribution in [0.5, 0.6) is 0 Å². The zero-order valence-electron chi connectivity index (χ0n) is 19.9. The number of nitrogens with two attached hydrogens (primary N) is 3. The number of nitrogens with zero attached hydrogens (tertiary/aromatic N) is 4. The number of anilines is 1. The van der Waals surface area contributed by atoms with Gasteiger partial charge >= 0.3 is 0 Å². The van der Waals surface area contributed by atoms with Crippen molar-refractivity contribution >= 4 is 58.2 Å². The lowest BCUT2D eigenvalue weighted by molar-refractivity contribution is -0.117. The number of hydrogen-bond acceptors (Lipinski definition) is 9. The van der Waals surface area contributed by atoms with Gasteiger partial charge in [-0.2, -0.15) is 5.10 Å². The number of aliphatic imine (C=N–C) groups is 1. The Morgan fingerprint density at radius 1 is 1.25 bits per heavy atom. The van der Waals surface area contributed by atoms with Crippen molar-refractivity contribution in [1.82, 2.24) is 15.2 Å². The van der Waals surface area contributed by atoms with Gasteiger partial charge in [0.25, 0.3) is 5.91 Å². The van der Waals surface area contributed by atoms with Crippen molar-refractivity contribution < 1.29 is 9.53 Å². The van der Waals surface area contributed by atoms with Crippen LogP contribution in [-0.2, 0) is 9.53 Å². The Morgan fingerprint density at radius 3 is 2.42 bits per heavy atom. The van der Waals surface area contributed by atoms with E-state index in [1.807, 2.05) is 0 Å². The standard InChI is InChI=1S/C23H27Cl2N9O2/c1-13(34(14(2)33-28)20(10-26)36-4)18-9-8-15(11-30-18)32-19(21(27)23(35)29-3)12-31-22-16(24)6-5-7-17(22)25/h5-12,32H,1,26-28H2,2-4H3,(H,29,35)/b20-10+,21-19+,31-12?,33-14-. The number of rotatable bonds is 9. The number of aromatic nitrogens is 1. The summed E-state index contributed by atoms with van der Waals surface area (Å²) < 4.78 is 5.28. The molecule has 0 spiro atoms. The topological polar surface area (TPSA) is 169 Å². The number of amides is 1. The van der Waals surface area contributed by atoms with Crippen LogP contribution in [0.4, 0.5) is 11.4 Å². The summed E-state index contributed by atoms with van der Waals surface area (Å²) in [4.78, 5) is 22.4. The first-order valence-electron chi connectivity index (χ1n) is 10.3. The molecule has 0 fully saturated rings. The summed E-state index contributed by atoms with van der Waals surface area (Å²) >= 11 is 12.4. The SMILES string of the molecule is C=C(c1ccc(N/C(C=Nc2c(Cl)cccc2Cl)=C(/N)C(=O)NC)cn1)N(/C(C)=N\N)/C(=C\N)OC. The lowest BCUT2D eigenvalue weighted by Crippen LogP contribution is -2.29. The van der Waals surface area contributed by atoms with Gasteiger partial charge in [0.15, 0.2) is 0 Å². The van der Waals surface area contributed by atoms with E-state index in [0.29, 0.717) is 38.6 Å². The van der Waals surface area contributed by atoms with E-state index >= 15 is 0 Å². The maximum atomic E-state index is 12.2. The van der Waals surface area contributed by atoms with E-state index in [9.17, 15) is 4.79 Å². The molecule has 2 rings (SSSR count). The number of allylic oxidation sites excluding steroid dienone is 1. The van der Waals surface area contributed by atoms with E-state index in [2.05, 4.69) is 32.3 Å². The van der Waals surface area contributed by atoms with Crippen molar-refractivity contribution in [2.24, 2.45) is 27.4 Å². The predicted octanol–water partition coefficient (Wildman–Crippen LogP) is 3.09. The van der Waals surface area contributed by atoms with E-state index in [1.165, 1.54) is 37.7 Å². The Labute approximate surface area is 219 Å². The molecule has 0 bridgehead atoms. The minimum Gasteiger partial charge on any atom is -0.481 e. The molecule has 0 saturated heterocycles. The molecular weight excluding hydrogens is 505 g/mol. The van der Waals surface area contributed by atoms with Crippen molar-refractivity contribution in [1.29, 1.82) is 0 Å². The van der Waals surface area contributed by atoms with E-state index < -0.39 is 5.91 Å². The number of amidine groups is 1. The van der Waals surface area contributed by atoms with Crippen molar-refractivity contribution in [3.05, 3.63) is 82.3 Å². The summed E-state index contributed by atoms with van der Waals surface area (Å²) in [5.74, 6) is 5.56. The fourth-order valence-corrected chi connectivity index (χ4v) is 3.35. The number of carbonyl (C=O) groups is 1. The van der Waals surface area contributed by atoms with E-state index in [4.69, 9.17) is 45.2 Å². The number of likely N-dealkylation sites (N-methyl/N-ethyl adjacent to an activating group) is 1. The van der Waals surface area contributed by atoms with Gasteiger partial charge < -0.3 is 32.7 Å². The van der Waals surface area contributed by atoms with Crippen LogP contribution in [0.1, 0.15) is 12.6 Å². The van der Waals surface area contributed by atoms with Crippen LogP contribution in [0.25, 0.3) is 5.70 Å². The number of pyridine rings is 1. The third kappa shape index (κ3) is 6.68. The fraction of sp³-hybridized carbons (Fsp3) is 0.130. The normalized spacial score (nSPS) is 12.7. The quantitative estimate of drug-likeness (QED) is 0.0820. The van der Waals surface area contributed by atoms with Gasteiger partial charge in [0.1, 0.15) is 17.2 Å². The van der Waals surface area contributed by atoms with Crippen molar-refractivity contribution in [3.8, 4) is 0 Å². The minimum absolute atomic E-state index is 0.114. The van der Waals surface area contributed by atoms with E-state index in [1.54, 1.807) is 37.3 Å². The Kier molecular flexibility index (Phi) is 10.1. The molecule has 0 aliphatic heterocycles. The molecule has 1 aromatic carbocycles. The number of hydrazone groups is 1. The van der Waals surface area contributed by atoms with E-state index in [0.717, 1.165) is 0 Å². The van der Waals surface area contributed by atoms with Crippen LogP contribution >= 0.6 is 23.2 Å². The molecule has 13 heteroatoms. The zero-order chi connectivity index (χ0) is 26.8. The molecule has 1 heterocycles. The monoisotopic (exact) mass is 531 g/mol. The number of para-hydroxylation sites is 1. The summed E-state index contributed by atoms with van der Waals surface area (Å²) in [6.07, 6.45) is 4.11. The summed E-state index contributed by atoms with van der Waals surface area (Å²) in [7, 11) is 2.91. The van der Waals surface area contributed by atoms with Crippen molar-refractivity contribution in [2.75, 3.05) is 19.5 Å². The van der Waals surface area contributed by atoms with E-state index in [-0.39, 0.29) is 17.3 Å². The van der Waals surface area contributed by atoms with Gasteiger partial charge in [0, 0.05) is 7.05 Å². The lowest BCUT2D eigenvalue weighted by atomic mass is 10.2. The average molecular weight is 532 g/mol. The fourth-order valence-electron chi connectivity index (χ4n) is 2.86. The first kappa shape index (κ1) is 28.0. The van der Waals surface area contributed by atoms with Gasteiger partial charge in [-0.3, -0.25) is 19.7 Å². The molecule has 0 saturated carbocycles. The Morgan fingerprint density at radius 2 is 1.92 bits per heavy atom. The number of benzene rings is 1. The lowest BCUT2D eigenvalue weighted by Gasteiger charge is -2.26. The van der Waals surface area contributed by atoms with Gasteiger partial charge in [-0.1, -0.05) is 35.8 Å². The zero-order valence-corrected chi connectivity index (χ0v) is 21.4. The molecule has 1 amide bonds. The smallest absolute Gasteiger partial charge is 0.269 e. The number of ether oxygens (including phenoxy) is 1. The van der Waals surface area contributed by atoms with Crippen molar-refractivity contribution in [2.45, 2.75) is 6.92 Å². The largest absolute Gasteiger partial charge is 0.481 e. The molecule has 0 aliphatic carbocycles. The third-order valence-electron chi connectivity index (χ3n) is 4.71. The minimum atomic E-state index is -0.514. The van der Waals surface area contributed by atoms with Crippen LogP contribution in [-0.4, -0.2) is 42.0 Å². The van der Waals surface area contributed by atoms with Crippen molar-refractivity contribution in [3.63, 3.8) is 0 Å². The van der Waals surface area contributed by atoms with Gasteiger partial charge in [0.05, 0.1) is 58.5 Å². The molecular formula is C23H27Cl2N9O2. The average Bonchev–Trinajstić information content (AvgIpc) is 2.89. The first-order chi connectivity index (χ1) is 17.2. The molecule has 0 radical (unpaired) electrons. The number of methoxy groups -OCH3 is 1. The number of halogens is 2. The molecule has 11 nitrogen and oxygen atoms in total. The summed E-state index contributed by atoms with van der Waals surface area (Å²) in [6, 6.07) is 8.36. The molecule has 36 heavy (non-hydrogen) atoms. The second-order valence-electron chi connectivity index (χ2n) is 6.96. The second kappa shape index (κ2) is 13.0. The first-order valence-corrected chi connectivity index (χ1v) is 11.1. The maximum Gasteiger partial charge on any atom is 0.269 e. The van der Waals surface area contributed by atoms with Gasteiger partial charge in [-0.05, 0) is 31.2 Å². The van der Waals surface area contributed by atoms with Gasteiger partial charge in [-0.25, -0.2) is 0 Å². The highest BCUT2D eigenvalue weighted by Gasteiger charge is 2.19. The molecule has 2 aromatic rings. The highest BCUT2D eigenvalue weighted by Crippen LogP contribution is 2.32. The number of hydrogen-bond donors (Lipinski definition) is 5. The molecule has 0 atom stereocenters. The second-order valence-corrected chi connectivity index (χ2v) is 7.77. The molecule has 0 unspecified atom stereocenters. The Hall–Kier alpha value is -4.22. The molecule has 8 N–H and O–H groups in total. The van der Waals surface area contributed by atoms with Crippen LogP contribution < -0.4 is 27.9 Å². The number of nitrogens with one attached hydrogen (secondary N) is 2. The maximum absolute atomic E-state index is 12.2. The summed E-state index contributed by atoms with van der Waals surface area (Å²) in [6.45, 7) is 5.71. The van der Waals surface area contributed by atoms with Gasteiger partial charge in [-0.15, -0.1) is 0 Å². The summed E-state index contributed by atoms with van der Waals surface area (Å²) in [5.41, 5.74) is 13.5. The van der Waals surface area contributed by atoms with Gasteiger partial charge in [0.2, 0.25) is 5.88 Å². The molecule has 1 aromatic heterocycles. The predicted molar refractivity (Wildman–Crippen MR) is 145 cm³/mol.